The van der Waals surface area contributed by atoms with Crippen LogP contribution in [0.1, 0.15) is 41.6 Å². The van der Waals surface area contributed by atoms with Gasteiger partial charge in [-0.05, 0) is 12.8 Å². The quantitative estimate of drug-likeness (QED) is 0.833. The van der Waals surface area contributed by atoms with Crippen LogP contribution >= 0.6 is 0 Å². The number of aromatic nitrogens is 4. The summed E-state index contributed by atoms with van der Waals surface area (Å²) in [5.41, 5.74) is 0.273. The Bertz CT molecular complexity index is 515. The Labute approximate surface area is 96.6 Å². The number of carbonyl (C=O) groups excluding carboxylic acids is 1. The van der Waals surface area contributed by atoms with Gasteiger partial charge in [-0.15, -0.1) is 5.10 Å². The van der Waals surface area contributed by atoms with E-state index in [0.29, 0.717) is 17.6 Å². The molecule has 2 aromatic heterocycles. The Morgan fingerprint density at radius 2 is 2.41 bits per heavy atom. The normalized spacial score (nSPS) is 15.5. The van der Waals surface area contributed by atoms with Gasteiger partial charge in [0, 0.05) is 5.92 Å². The van der Waals surface area contributed by atoms with Gasteiger partial charge >= 0.3 is 0 Å². The third-order valence-corrected chi connectivity index (χ3v) is 2.87. The SMILES string of the molecule is O=C(Nc1cn[nH]n1)c1coc(C2CCC2)n1. The molecular formula is C10H11N5O2. The summed E-state index contributed by atoms with van der Waals surface area (Å²) in [6.45, 7) is 0. The van der Waals surface area contributed by atoms with Gasteiger partial charge in [-0.2, -0.15) is 10.3 Å². The number of aromatic amines is 1. The molecule has 0 unspecified atom stereocenters. The molecular weight excluding hydrogens is 222 g/mol. The van der Waals surface area contributed by atoms with Gasteiger partial charge in [-0.25, -0.2) is 4.98 Å². The third kappa shape index (κ3) is 1.91. The fourth-order valence-electron chi connectivity index (χ4n) is 1.68. The molecule has 7 heteroatoms. The smallest absolute Gasteiger partial charge is 0.278 e. The highest BCUT2D eigenvalue weighted by atomic mass is 16.3. The lowest BCUT2D eigenvalue weighted by molar-refractivity contribution is 0.102. The first-order valence-corrected chi connectivity index (χ1v) is 5.45. The average Bonchev–Trinajstić information content (AvgIpc) is 2.85. The van der Waals surface area contributed by atoms with Crippen molar-refractivity contribution >= 4 is 11.7 Å². The first-order valence-electron chi connectivity index (χ1n) is 5.45. The Morgan fingerprint density at radius 1 is 1.53 bits per heavy atom. The van der Waals surface area contributed by atoms with Crippen LogP contribution in [0.25, 0.3) is 0 Å². The van der Waals surface area contributed by atoms with Crippen molar-refractivity contribution in [3.05, 3.63) is 24.0 Å². The third-order valence-electron chi connectivity index (χ3n) is 2.87. The summed E-state index contributed by atoms with van der Waals surface area (Å²) >= 11 is 0. The summed E-state index contributed by atoms with van der Waals surface area (Å²) in [5, 5.41) is 12.3. The van der Waals surface area contributed by atoms with Crippen LogP contribution in [0, 0.1) is 0 Å². The molecule has 0 aromatic carbocycles. The highest BCUT2D eigenvalue weighted by Gasteiger charge is 2.25. The number of amides is 1. The van der Waals surface area contributed by atoms with Crippen LogP contribution in [0.15, 0.2) is 16.9 Å². The lowest BCUT2D eigenvalue weighted by Gasteiger charge is -2.21. The molecule has 2 heterocycles. The first kappa shape index (κ1) is 10.0. The zero-order valence-corrected chi connectivity index (χ0v) is 9.01. The molecule has 0 aliphatic heterocycles. The van der Waals surface area contributed by atoms with Crippen LogP contribution in [0.4, 0.5) is 5.82 Å². The summed E-state index contributed by atoms with van der Waals surface area (Å²) in [5.74, 6) is 1.06. The zero-order chi connectivity index (χ0) is 11.7. The molecule has 1 fully saturated rings. The Balaban J connectivity index is 1.70. The summed E-state index contributed by atoms with van der Waals surface area (Å²) in [4.78, 5) is 15.9. The van der Waals surface area contributed by atoms with E-state index in [-0.39, 0.29) is 11.6 Å². The van der Waals surface area contributed by atoms with Crippen molar-refractivity contribution in [2.24, 2.45) is 0 Å². The summed E-state index contributed by atoms with van der Waals surface area (Å²) in [7, 11) is 0. The number of nitrogens with zero attached hydrogens (tertiary/aromatic N) is 3. The van der Waals surface area contributed by atoms with Crippen molar-refractivity contribution in [3.8, 4) is 0 Å². The van der Waals surface area contributed by atoms with Crippen molar-refractivity contribution in [3.63, 3.8) is 0 Å². The number of H-pyrrole nitrogens is 1. The fraction of sp³-hybridized carbons (Fsp3) is 0.400. The second kappa shape index (κ2) is 4.00. The zero-order valence-electron chi connectivity index (χ0n) is 9.01. The lowest BCUT2D eigenvalue weighted by atomic mass is 9.85. The molecule has 88 valence electrons. The van der Waals surface area contributed by atoms with Crippen molar-refractivity contribution in [2.75, 3.05) is 5.32 Å². The van der Waals surface area contributed by atoms with Crippen molar-refractivity contribution in [2.45, 2.75) is 25.2 Å². The molecule has 1 amide bonds. The van der Waals surface area contributed by atoms with E-state index in [2.05, 4.69) is 25.7 Å². The monoisotopic (exact) mass is 233 g/mol. The standard InChI is InChI=1S/C10H11N5O2/c16-9(13-8-4-11-15-14-8)7-5-17-10(12-7)6-2-1-3-6/h4-6H,1-3H2,(H2,11,13,14,15,16). The molecule has 1 saturated carbocycles. The molecule has 17 heavy (non-hydrogen) atoms. The minimum atomic E-state index is -0.340. The minimum Gasteiger partial charge on any atom is -0.448 e. The summed E-state index contributed by atoms with van der Waals surface area (Å²) in [6.07, 6.45) is 6.18. The second-order valence-electron chi connectivity index (χ2n) is 4.01. The van der Waals surface area contributed by atoms with Gasteiger partial charge in [0.25, 0.3) is 5.91 Å². The van der Waals surface area contributed by atoms with Gasteiger partial charge in [0.2, 0.25) is 0 Å². The van der Waals surface area contributed by atoms with Crippen LogP contribution in [-0.2, 0) is 0 Å². The number of oxazole rings is 1. The number of carbonyl (C=O) groups is 1. The average molecular weight is 233 g/mol. The van der Waals surface area contributed by atoms with Crippen LogP contribution < -0.4 is 5.32 Å². The summed E-state index contributed by atoms with van der Waals surface area (Å²) in [6, 6.07) is 0. The van der Waals surface area contributed by atoms with E-state index in [1.807, 2.05) is 0 Å². The molecule has 7 nitrogen and oxygen atoms in total. The van der Waals surface area contributed by atoms with E-state index >= 15 is 0 Å². The van der Waals surface area contributed by atoms with Crippen molar-refractivity contribution in [1.82, 2.24) is 20.4 Å². The van der Waals surface area contributed by atoms with Crippen LogP contribution in [0.3, 0.4) is 0 Å². The summed E-state index contributed by atoms with van der Waals surface area (Å²) < 4.78 is 5.29. The second-order valence-corrected chi connectivity index (χ2v) is 4.01. The molecule has 0 saturated heterocycles. The number of nitrogens with one attached hydrogen (secondary N) is 2. The molecule has 0 spiro atoms. The topological polar surface area (TPSA) is 96.7 Å². The maximum absolute atomic E-state index is 11.7. The number of hydrogen-bond acceptors (Lipinski definition) is 5. The molecule has 2 N–H and O–H groups in total. The maximum Gasteiger partial charge on any atom is 0.278 e. The van der Waals surface area contributed by atoms with Crippen molar-refractivity contribution in [1.29, 1.82) is 0 Å². The van der Waals surface area contributed by atoms with E-state index in [1.165, 1.54) is 18.9 Å². The molecule has 0 atom stereocenters. The first-order chi connectivity index (χ1) is 8.33. The predicted octanol–water partition coefficient (Wildman–Crippen LogP) is 1.31. The highest BCUT2D eigenvalue weighted by molar-refractivity contribution is 6.01. The van der Waals surface area contributed by atoms with E-state index in [9.17, 15) is 4.79 Å². The van der Waals surface area contributed by atoms with Gasteiger partial charge < -0.3 is 9.73 Å². The Kier molecular flexibility index (Phi) is 2.36. The van der Waals surface area contributed by atoms with E-state index in [1.54, 1.807) is 0 Å². The maximum atomic E-state index is 11.7. The Morgan fingerprint density at radius 3 is 3.06 bits per heavy atom. The van der Waals surface area contributed by atoms with Crippen LogP contribution in [-0.4, -0.2) is 26.3 Å². The van der Waals surface area contributed by atoms with Gasteiger partial charge in [0.1, 0.15) is 6.26 Å². The van der Waals surface area contributed by atoms with Gasteiger partial charge in [0.15, 0.2) is 17.4 Å². The van der Waals surface area contributed by atoms with Crippen LogP contribution in [0.2, 0.25) is 0 Å². The number of rotatable bonds is 3. The molecule has 2 aromatic rings. The number of hydrogen-bond donors (Lipinski definition) is 2. The van der Waals surface area contributed by atoms with Crippen LogP contribution in [0.5, 0.6) is 0 Å². The molecule has 0 bridgehead atoms. The number of anilines is 1. The molecule has 3 rings (SSSR count). The fourth-order valence-corrected chi connectivity index (χ4v) is 1.68. The largest absolute Gasteiger partial charge is 0.448 e. The van der Waals surface area contributed by atoms with Gasteiger partial charge in [-0.3, -0.25) is 4.79 Å². The molecule has 1 aliphatic rings. The van der Waals surface area contributed by atoms with Crippen molar-refractivity contribution < 1.29 is 9.21 Å². The Hall–Kier alpha value is -2.18. The predicted molar refractivity (Wildman–Crippen MR) is 57.4 cm³/mol. The minimum absolute atomic E-state index is 0.273. The van der Waals surface area contributed by atoms with Gasteiger partial charge in [0.05, 0.1) is 6.20 Å². The highest BCUT2D eigenvalue weighted by Crippen LogP contribution is 2.35. The van der Waals surface area contributed by atoms with Gasteiger partial charge in [-0.1, -0.05) is 6.42 Å². The van der Waals surface area contributed by atoms with E-state index < -0.39 is 0 Å². The van der Waals surface area contributed by atoms with E-state index in [4.69, 9.17) is 4.42 Å². The molecule has 0 radical (unpaired) electrons. The lowest BCUT2D eigenvalue weighted by Crippen LogP contribution is -2.14. The van der Waals surface area contributed by atoms with E-state index in [0.717, 1.165) is 12.8 Å². The molecule has 1 aliphatic carbocycles.